The Morgan fingerprint density at radius 3 is 2.76 bits per heavy atom. The highest BCUT2D eigenvalue weighted by Gasteiger charge is 2.65. The summed E-state index contributed by atoms with van der Waals surface area (Å²) in [6, 6.07) is 0. The summed E-state index contributed by atoms with van der Waals surface area (Å²) in [4.78, 5) is 24.7. The average molecular weight is 348 g/mol. The van der Waals surface area contributed by atoms with Gasteiger partial charge in [0.05, 0.1) is 5.60 Å². The average Bonchev–Trinajstić information content (AvgIpc) is 2.83. The number of esters is 2. The predicted molar refractivity (Wildman–Crippen MR) is 92.6 cm³/mol. The van der Waals surface area contributed by atoms with Gasteiger partial charge in [0.1, 0.15) is 12.2 Å². The van der Waals surface area contributed by atoms with Crippen LogP contribution in [-0.2, 0) is 19.1 Å². The molecule has 1 N–H and O–H groups in total. The Morgan fingerprint density at radius 2 is 2.12 bits per heavy atom. The lowest BCUT2D eigenvalue weighted by Gasteiger charge is -2.59. The van der Waals surface area contributed by atoms with E-state index in [0.29, 0.717) is 24.0 Å². The number of hydrogen-bond donors (Lipinski definition) is 1. The Bertz CT molecular complexity index is 676. The summed E-state index contributed by atoms with van der Waals surface area (Å²) >= 11 is 0. The number of rotatable bonds is 2. The summed E-state index contributed by atoms with van der Waals surface area (Å²) in [5.74, 6) is -0.622. The van der Waals surface area contributed by atoms with E-state index in [-0.39, 0.29) is 11.9 Å². The number of carbonyl (C=O) groups is 2. The van der Waals surface area contributed by atoms with Crippen LogP contribution in [0.25, 0.3) is 0 Å². The van der Waals surface area contributed by atoms with Crippen LogP contribution in [0, 0.1) is 11.3 Å². The van der Waals surface area contributed by atoms with Crippen LogP contribution in [0.2, 0.25) is 0 Å². The molecule has 5 atom stereocenters. The van der Waals surface area contributed by atoms with Gasteiger partial charge in [0.25, 0.3) is 0 Å². The molecule has 0 aromatic carbocycles. The Balaban J connectivity index is 2.12. The van der Waals surface area contributed by atoms with E-state index in [9.17, 15) is 14.7 Å². The first-order chi connectivity index (χ1) is 11.7. The fourth-order valence-corrected chi connectivity index (χ4v) is 4.84. The number of fused-ring (bicyclic) bond motifs is 2. The van der Waals surface area contributed by atoms with Crippen molar-refractivity contribution in [3.05, 3.63) is 22.8 Å². The smallest absolute Gasteiger partial charge is 0.334 e. The fourth-order valence-electron chi connectivity index (χ4n) is 4.84. The molecule has 0 saturated heterocycles. The summed E-state index contributed by atoms with van der Waals surface area (Å²) in [6.07, 6.45) is 3.44. The minimum absolute atomic E-state index is 0.159. The maximum atomic E-state index is 12.5. The monoisotopic (exact) mass is 348 g/mol. The number of hydrogen-bond acceptors (Lipinski definition) is 5. The third-order valence-electron chi connectivity index (χ3n) is 6.92. The Labute approximate surface area is 149 Å². The van der Waals surface area contributed by atoms with E-state index in [1.165, 1.54) is 0 Å². The highest BCUT2D eigenvalue weighted by molar-refractivity contribution is 5.93. The number of carbonyl (C=O) groups excluding carboxylic acids is 2. The molecule has 25 heavy (non-hydrogen) atoms. The minimum atomic E-state index is -1.02. The van der Waals surface area contributed by atoms with Crippen molar-refractivity contribution in [2.75, 3.05) is 0 Å². The molecule has 0 amide bonds. The van der Waals surface area contributed by atoms with E-state index in [1.807, 2.05) is 6.92 Å². The number of allylic oxidation sites excluding steroid dienone is 1. The third kappa shape index (κ3) is 2.47. The van der Waals surface area contributed by atoms with E-state index in [1.54, 1.807) is 26.8 Å². The molecule has 1 heterocycles. The third-order valence-corrected chi connectivity index (χ3v) is 6.92. The molecule has 0 bridgehead atoms. The lowest BCUT2D eigenvalue weighted by Crippen LogP contribution is -2.65. The highest BCUT2D eigenvalue weighted by atomic mass is 16.6. The molecule has 2 fully saturated rings. The topological polar surface area (TPSA) is 72.8 Å². The fraction of sp³-hybridized carbons (Fsp3) is 0.700. The van der Waals surface area contributed by atoms with Gasteiger partial charge in [-0.05, 0) is 39.5 Å². The molecule has 0 radical (unpaired) electrons. The summed E-state index contributed by atoms with van der Waals surface area (Å²) in [5, 5.41) is 11.5. The van der Waals surface area contributed by atoms with Crippen LogP contribution >= 0.6 is 0 Å². The molecule has 3 aliphatic rings. The van der Waals surface area contributed by atoms with Gasteiger partial charge in [-0.2, -0.15) is 0 Å². The Morgan fingerprint density at radius 1 is 1.44 bits per heavy atom. The highest BCUT2D eigenvalue weighted by Crippen LogP contribution is 2.59. The molecule has 0 unspecified atom stereocenters. The van der Waals surface area contributed by atoms with Crippen LogP contribution in [0.3, 0.4) is 0 Å². The minimum Gasteiger partial charge on any atom is -0.454 e. The number of ether oxygens (including phenoxy) is 2. The first-order valence-electron chi connectivity index (χ1n) is 9.13. The molecule has 2 aliphatic carbocycles. The van der Waals surface area contributed by atoms with Crippen LogP contribution in [-0.4, -0.2) is 34.9 Å². The van der Waals surface area contributed by atoms with Crippen molar-refractivity contribution < 1.29 is 24.2 Å². The molecule has 3 rings (SSSR count). The zero-order valence-corrected chi connectivity index (χ0v) is 15.7. The van der Waals surface area contributed by atoms with Crippen molar-refractivity contribution in [3.63, 3.8) is 0 Å². The maximum absolute atomic E-state index is 12.5. The lowest BCUT2D eigenvalue weighted by atomic mass is 9.50. The Hall–Kier alpha value is -1.62. The summed E-state index contributed by atoms with van der Waals surface area (Å²) in [6.45, 7) is 9.32. The van der Waals surface area contributed by atoms with Gasteiger partial charge in [-0.15, -0.1) is 0 Å². The molecule has 2 saturated carbocycles. The molecule has 1 aliphatic heterocycles. The van der Waals surface area contributed by atoms with Gasteiger partial charge in [-0.25, -0.2) is 9.59 Å². The van der Waals surface area contributed by atoms with E-state index in [0.717, 1.165) is 18.4 Å². The van der Waals surface area contributed by atoms with Crippen LogP contribution in [0.5, 0.6) is 0 Å². The van der Waals surface area contributed by atoms with Crippen LogP contribution in [0.15, 0.2) is 22.8 Å². The zero-order valence-electron chi connectivity index (χ0n) is 15.7. The van der Waals surface area contributed by atoms with E-state index >= 15 is 0 Å². The van der Waals surface area contributed by atoms with Crippen LogP contribution in [0.4, 0.5) is 0 Å². The molecule has 138 valence electrons. The van der Waals surface area contributed by atoms with Crippen molar-refractivity contribution in [2.45, 2.75) is 78.1 Å². The first kappa shape index (κ1) is 18.2. The van der Waals surface area contributed by atoms with Gasteiger partial charge in [0.15, 0.2) is 0 Å². The predicted octanol–water partition coefficient (Wildman–Crippen LogP) is 3.07. The van der Waals surface area contributed by atoms with Crippen LogP contribution in [0.1, 0.15) is 60.3 Å². The van der Waals surface area contributed by atoms with E-state index < -0.39 is 29.2 Å². The van der Waals surface area contributed by atoms with E-state index in [2.05, 4.69) is 6.92 Å². The largest absolute Gasteiger partial charge is 0.454 e. The summed E-state index contributed by atoms with van der Waals surface area (Å²) in [5.41, 5.74) is 0.112. The van der Waals surface area contributed by atoms with Gasteiger partial charge in [0.2, 0.25) is 0 Å². The van der Waals surface area contributed by atoms with Crippen molar-refractivity contribution in [1.82, 2.24) is 0 Å². The standard InChI is InChI=1S/C20H28O5/c1-6-11(2)17(21)25-16-15-13(4)18(22)24-14(15)10-20(23)9-7-8-12(3)19(16,20)5/h6,12,14,16,23H,7-10H2,1-5H3/b11-6+/t12-,14-,16+,19-,20-/m1/s1. The second-order valence-electron chi connectivity index (χ2n) is 8.04. The quantitative estimate of drug-likeness (QED) is 0.613. The molecule has 5 heteroatoms. The van der Waals surface area contributed by atoms with Crippen molar-refractivity contribution in [1.29, 1.82) is 0 Å². The van der Waals surface area contributed by atoms with Crippen molar-refractivity contribution in [3.8, 4) is 0 Å². The van der Waals surface area contributed by atoms with Crippen molar-refractivity contribution in [2.24, 2.45) is 11.3 Å². The SMILES string of the molecule is C/C=C(\C)C(=O)O[C@H]1C2=C(C)C(=O)O[C@@H]2C[C@]2(O)CCC[C@@H](C)[C@]12C. The molecule has 5 nitrogen and oxygen atoms in total. The summed E-state index contributed by atoms with van der Waals surface area (Å²) < 4.78 is 11.4. The van der Waals surface area contributed by atoms with Gasteiger partial charge in [0, 0.05) is 28.6 Å². The van der Waals surface area contributed by atoms with E-state index in [4.69, 9.17) is 9.47 Å². The number of aliphatic hydroxyl groups is 1. The summed E-state index contributed by atoms with van der Waals surface area (Å²) in [7, 11) is 0. The molecule has 0 aromatic heterocycles. The van der Waals surface area contributed by atoms with Gasteiger partial charge in [-0.1, -0.05) is 26.3 Å². The lowest BCUT2D eigenvalue weighted by molar-refractivity contribution is -0.217. The normalized spacial score (nSPS) is 41.1. The van der Waals surface area contributed by atoms with Gasteiger partial charge < -0.3 is 14.6 Å². The van der Waals surface area contributed by atoms with Gasteiger partial charge >= 0.3 is 11.9 Å². The second-order valence-corrected chi connectivity index (χ2v) is 8.04. The van der Waals surface area contributed by atoms with Gasteiger partial charge in [-0.3, -0.25) is 0 Å². The molecular formula is C20H28O5. The first-order valence-corrected chi connectivity index (χ1v) is 9.13. The zero-order chi connectivity index (χ0) is 18.6. The molecular weight excluding hydrogens is 320 g/mol. The molecule has 0 spiro atoms. The van der Waals surface area contributed by atoms with Crippen LogP contribution < -0.4 is 0 Å². The Kier molecular flexibility index (Phi) is 4.34. The second kappa shape index (κ2) is 5.97. The van der Waals surface area contributed by atoms with Crippen molar-refractivity contribution >= 4 is 11.9 Å². The maximum Gasteiger partial charge on any atom is 0.334 e. The molecule has 0 aromatic rings.